The molecule has 0 aliphatic carbocycles. The Labute approximate surface area is 213 Å². The van der Waals surface area contributed by atoms with Crippen LogP contribution in [0.25, 0.3) is 10.2 Å². The van der Waals surface area contributed by atoms with E-state index in [2.05, 4.69) is 4.98 Å². The summed E-state index contributed by atoms with van der Waals surface area (Å²) in [5, 5.41) is 0.576. The van der Waals surface area contributed by atoms with Crippen LogP contribution in [-0.4, -0.2) is 41.7 Å². The van der Waals surface area contributed by atoms with Gasteiger partial charge in [-0.1, -0.05) is 29.5 Å². The normalized spacial score (nSPS) is 16.8. The Morgan fingerprint density at radius 3 is 2.69 bits per heavy atom. The van der Waals surface area contributed by atoms with Crippen molar-refractivity contribution in [3.63, 3.8) is 0 Å². The summed E-state index contributed by atoms with van der Waals surface area (Å²) in [7, 11) is -3.85. The van der Waals surface area contributed by atoms with E-state index < -0.39 is 21.8 Å². The number of hydrogen-bond acceptors (Lipinski definition) is 6. The Bertz CT molecular complexity index is 1490. The number of amides is 1. The summed E-state index contributed by atoms with van der Waals surface area (Å²) in [4.78, 5) is 24.6. The second-order valence-electron chi connectivity index (χ2n) is 8.86. The van der Waals surface area contributed by atoms with Gasteiger partial charge in [0.25, 0.3) is 0 Å². The van der Waals surface area contributed by atoms with E-state index in [9.17, 15) is 17.6 Å². The summed E-state index contributed by atoms with van der Waals surface area (Å²) in [6.45, 7) is 2.64. The first kappa shape index (κ1) is 24.5. The van der Waals surface area contributed by atoms with Gasteiger partial charge >= 0.3 is 0 Å². The highest BCUT2D eigenvalue weighted by atomic mass is 32.2. The minimum Gasteiger partial charge on any atom is -0.283 e. The molecule has 36 heavy (non-hydrogen) atoms. The van der Waals surface area contributed by atoms with E-state index in [1.165, 1.54) is 27.8 Å². The monoisotopic (exact) mass is 524 g/mol. The molecule has 0 spiro atoms. The Hall–Kier alpha value is -3.21. The quantitative estimate of drug-likeness (QED) is 0.363. The second-order valence-corrected chi connectivity index (χ2v) is 11.8. The summed E-state index contributed by atoms with van der Waals surface area (Å²) in [5.74, 6) is -1.20. The van der Waals surface area contributed by atoms with Crippen molar-refractivity contribution in [2.24, 2.45) is 5.92 Å². The van der Waals surface area contributed by atoms with E-state index in [0.717, 1.165) is 33.5 Å². The van der Waals surface area contributed by atoms with Gasteiger partial charge in [0.15, 0.2) is 5.13 Å². The number of sulfonamides is 1. The van der Waals surface area contributed by atoms with Crippen LogP contribution in [-0.2, 0) is 21.4 Å². The highest BCUT2D eigenvalue weighted by Crippen LogP contribution is 2.34. The molecule has 4 aromatic rings. The molecule has 0 N–H and O–H groups in total. The zero-order valence-corrected chi connectivity index (χ0v) is 21.3. The third-order valence-corrected chi connectivity index (χ3v) is 9.28. The van der Waals surface area contributed by atoms with Crippen LogP contribution >= 0.6 is 11.3 Å². The number of carbonyl (C=O) groups excluding carboxylic acids is 1. The summed E-state index contributed by atoms with van der Waals surface area (Å²) in [6.07, 6.45) is 4.51. The van der Waals surface area contributed by atoms with E-state index in [-0.39, 0.29) is 23.9 Å². The van der Waals surface area contributed by atoms with Gasteiger partial charge in [-0.3, -0.25) is 14.7 Å². The van der Waals surface area contributed by atoms with Crippen molar-refractivity contribution in [1.29, 1.82) is 0 Å². The fourth-order valence-electron chi connectivity index (χ4n) is 4.44. The first-order valence-electron chi connectivity index (χ1n) is 11.6. The van der Waals surface area contributed by atoms with Crippen molar-refractivity contribution in [3.05, 3.63) is 83.9 Å². The molecule has 1 fully saturated rings. The van der Waals surface area contributed by atoms with E-state index in [0.29, 0.717) is 24.5 Å². The zero-order valence-electron chi connectivity index (χ0n) is 19.7. The average Bonchev–Trinajstić information content (AvgIpc) is 3.33. The van der Waals surface area contributed by atoms with Crippen molar-refractivity contribution < 1.29 is 17.6 Å². The number of benzene rings is 2. The van der Waals surface area contributed by atoms with Crippen LogP contribution in [0.15, 0.2) is 71.9 Å². The molecule has 0 radical (unpaired) electrons. The van der Waals surface area contributed by atoms with Crippen molar-refractivity contribution in [2.45, 2.75) is 31.2 Å². The molecular weight excluding hydrogens is 499 g/mol. The molecular formula is C26H25FN4O3S2. The van der Waals surface area contributed by atoms with Crippen LogP contribution in [0.3, 0.4) is 0 Å². The molecule has 1 aliphatic heterocycles. The Morgan fingerprint density at radius 2 is 1.97 bits per heavy atom. The van der Waals surface area contributed by atoms with E-state index >= 15 is 0 Å². The SMILES string of the molecule is Cc1cccc2sc(N(Cc3cccnc3)C(=O)C3CCCN(S(=O)(=O)c4ccc(F)cc4)C3)nc12. The molecule has 1 saturated heterocycles. The van der Waals surface area contributed by atoms with Crippen molar-refractivity contribution in [3.8, 4) is 0 Å². The summed E-state index contributed by atoms with van der Waals surface area (Å²) in [5.41, 5.74) is 2.73. The number of rotatable bonds is 6. The number of fused-ring (bicyclic) bond motifs is 1. The van der Waals surface area contributed by atoms with Gasteiger partial charge in [-0.15, -0.1) is 0 Å². The number of halogens is 1. The van der Waals surface area contributed by atoms with Gasteiger partial charge < -0.3 is 0 Å². The number of para-hydroxylation sites is 1. The highest BCUT2D eigenvalue weighted by molar-refractivity contribution is 7.89. The maximum atomic E-state index is 13.9. The number of aromatic nitrogens is 2. The summed E-state index contributed by atoms with van der Waals surface area (Å²) >= 11 is 1.44. The molecule has 1 atom stereocenters. The molecule has 0 saturated carbocycles. The van der Waals surface area contributed by atoms with Gasteiger partial charge in [0.1, 0.15) is 5.82 Å². The number of pyridine rings is 1. The molecule has 2 aromatic heterocycles. The van der Waals surface area contributed by atoms with Crippen LogP contribution in [0.1, 0.15) is 24.0 Å². The summed E-state index contributed by atoms with van der Waals surface area (Å²) in [6, 6.07) is 14.4. The van der Waals surface area contributed by atoms with Gasteiger partial charge in [-0.05, 0) is 67.3 Å². The second kappa shape index (κ2) is 10.0. The third kappa shape index (κ3) is 4.88. The number of piperidine rings is 1. The predicted octanol–water partition coefficient (Wildman–Crippen LogP) is 4.77. The molecule has 2 aromatic carbocycles. The maximum Gasteiger partial charge on any atom is 0.243 e. The van der Waals surface area contributed by atoms with Gasteiger partial charge in [0.2, 0.25) is 15.9 Å². The molecule has 1 aliphatic rings. The average molecular weight is 525 g/mol. The van der Waals surface area contributed by atoms with Crippen molar-refractivity contribution in [2.75, 3.05) is 18.0 Å². The van der Waals surface area contributed by atoms with Crippen LogP contribution in [0, 0.1) is 18.7 Å². The van der Waals surface area contributed by atoms with E-state index in [1.54, 1.807) is 17.3 Å². The van der Waals surface area contributed by atoms with Crippen LogP contribution in [0.2, 0.25) is 0 Å². The zero-order chi connectivity index (χ0) is 25.3. The number of hydrogen-bond donors (Lipinski definition) is 0. The lowest BCUT2D eigenvalue weighted by molar-refractivity contribution is -0.123. The topological polar surface area (TPSA) is 83.5 Å². The Morgan fingerprint density at radius 1 is 1.17 bits per heavy atom. The maximum absolute atomic E-state index is 13.9. The lowest BCUT2D eigenvalue weighted by Crippen LogP contribution is -2.46. The first-order valence-corrected chi connectivity index (χ1v) is 13.9. The Balaban J connectivity index is 1.45. The Kier molecular flexibility index (Phi) is 6.83. The molecule has 1 amide bonds. The minimum absolute atomic E-state index is 0.0193. The first-order chi connectivity index (χ1) is 17.3. The number of aryl methyl sites for hydroxylation is 1. The number of carbonyl (C=O) groups is 1. The molecule has 7 nitrogen and oxygen atoms in total. The number of thiazole rings is 1. The summed E-state index contributed by atoms with van der Waals surface area (Å²) < 4.78 is 42.1. The minimum atomic E-state index is -3.85. The predicted molar refractivity (Wildman–Crippen MR) is 138 cm³/mol. The van der Waals surface area contributed by atoms with Gasteiger partial charge in [0, 0.05) is 25.5 Å². The molecule has 10 heteroatoms. The molecule has 3 heterocycles. The molecule has 186 valence electrons. The lowest BCUT2D eigenvalue weighted by Gasteiger charge is -2.33. The third-order valence-electron chi connectivity index (χ3n) is 6.35. The van der Waals surface area contributed by atoms with Crippen molar-refractivity contribution >= 4 is 42.6 Å². The van der Waals surface area contributed by atoms with E-state index in [1.807, 2.05) is 37.3 Å². The number of anilines is 1. The van der Waals surface area contributed by atoms with Crippen molar-refractivity contribution in [1.82, 2.24) is 14.3 Å². The van der Waals surface area contributed by atoms with Crippen LogP contribution in [0.4, 0.5) is 9.52 Å². The van der Waals surface area contributed by atoms with Gasteiger partial charge in [-0.25, -0.2) is 17.8 Å². The molecule has 1 unspecified atom stereocenters. The van der Waals surface area contributed by atoms with Crippen LogP contribution < -0.4 is 4.90 Å². The molecule has 5 rings (SSSR count). The fraction of sp³-hybridized carbons (Fsp3) is 0.269. The van der Waals surface area contributed by atoms with Crippen LogP contribution in [0.5, 0.6) is 0 Å². The smallest absolute Gasteiger partial charge is 0.243 e. The fourth-order valence-corrected chi connectivity index (χ4v) is 7.01. The molecule has 0 bridgehead atoms. The largest absolute Gasteiger partial charge is 0.283 e. The highest BCUT2D eigenvalue weighted by Gasteiger charge is 2.36. The number of nitrogens with zero attached hydrogens (tertiary/aromatic N) is 4. The van der Waals surface area contributed by atoms with E-state index in [4.69, 9.17) is 4.98 Å². The standard InChI is InChI=1S/C26H25FN4O3S2/c1-18-5-2-8-23-24(18)29-26(35-23)31(16-19-6-3-13-28-15-19)25(32)20-7-4-14-30(17-20)36(33,34)22-11-9-21(27)10-12-22/h2-3,5-6,8-13,15,20H,4,7,14,16-17H2,1H3. The van der Waals surface area contributed by atoms with Gasteiger partial charge in [-0.2, -0.15) is 4.31 Å². The van der Waals surface area contributed by atoms with Gasteiger partial charge in [0.05, 0.1) is 27.6 Å². The lowest BCUT2D eigenvalue weighted by atomic mass is 9.98.